The van der Waals surface area contributed by atoms with Crippen molar-refractivity contribution in [3.05, 3.63) is 51.1 Å². The van der Waals surface area contributed by atoms with Gasteiger partial charge < -0.3 is 19.9 Å². The van der Waals surface area contributed by atoms with Crippen molar-refractivity contribution in [3.63, 3.8) is 0 Å². The van der Waals surface area contributed by atoms with Gasteiger partial charge in [-0.2, -0.15) is 4.98 Å². The largest absolute Gasteiger partial charge is 0.491 e. The smallest absolute Gasteiger partial charge is 0.293 e. The van der Waals surface area contributed by atoms with Crippen LogP contribution in [0.1, 0.15) is 0 Å². The molecule has 0 atom stereocenters. The number of halogens is 2. The van der Waals surface area contributed by atoms with Gasteiger partial charge in [0.15, 0.2) is 27.3 Å². The van der Waals surface area contributed by atoms with Crippen LogP contribution in [-0.4, -0.2) is 70.3 Å². The highest BCUT2D eigenvalue weighted by molar-refractivity contribution is 6.61. The molecule has 1 aromatic carbocycles. The number of carbonyl (C=O) groups excluding carboxylic acids is 1. The van der Waals surface area contributed by atoms with Gasteiger partial charge in [0.1, 0.15) is 34.0 Å². The van der Waals surface area contributed by atoms with Gasteiger partial charge in [-0.25, -0.2) is 4.98 Å². The number of hydrogen-bond acceptors (Lipinski definition) is 6. The molecule has 3 rings (SSSR count). The molecule has 2 N–H and O–H groups in total. The van der Waals surface area contributed by atoms with Crippen LogP contribution >= 0.6 is 23.2 Å². The molecule has 160 valence electrons. The normalized spacial score (nSPS) is 11.8. The van der Waals surface area contributed by atoms with E-state index in [9.17, 15) is 9.59 Å². The molecule has 0 fully saturated rings. The SMILES string of the molecule is BC(B)(B)NC(=O)C(B)(B)Oc1cc2cc(Nc3nc(Cl)ncc3Cl)ccc2n(C)c1=O. The Morgan fingerprint density at radius 2 is 1.84 bits per heavy atom. The third-order valence-corrected chi connectivity index (χ3v) is 5.03. The lowest BCUT2D eigenvalue weighted by molar-refractivity contribution is -0.126. The molecule has 0 bridgehead atoms. The van der Waals surface area contributed by atoms with E-state index in [2.05, 4.69) is 20.6 Å². The Balaban J connectivity index is 1.98. The molecule has 0 radical (unpaired) electrons. The third-order valence-electron chi connectivity index (χ3n) is 4.57. The zero-order valence-corrected chi connectivity index (χ0v) is 20.2. The Morgan fingerprint density at radius 3 is 2.50 bits per heavy atom. The van der Waals surface area contributed by atoms with Crippen molar-refractivity contribution in [1.29, 1.82) is 0 Å². The number of ether oxygens (including phenoxy) is 1. The van der Waals surface area contributed by atoms with E-state index in [1.165, 1.54) is 10.8 Å². The number of carbonyl (C=O) groups is 1. The highest BCUT2D eigenvalue weighted by atomic mass is 35.5. The van der Waals surface area contributed by atoms with E-state index in [4.69, 9.17) is 27.9 Å². The number of anilines is 2. The highest BCUT2D eigenvalue weighted by Gasteiger charge is 2.33. The molecule has 2 heterocycles. The lowest BCUT2D eigenvalue weighted by atomic mass is 9.49. The summed E-state index contributed by atoms with van der Waals surface area (Å²) in [4.78, 5) is 33.4. The van der Waals surface area contributed by atoms with E-state index in [0.29, 0.717) is 22.0 Å². The minimum absolute atomic E-state index is 0.0616. The van der Waals surface area contributed by atoms with Crippen LogP contribution in [0, 0.1) is 0 Å². The predicted molar refractivity (Wildman–Crippen MR) is 141 cm³/mol. The van der Waals surface area contributed by atoms with Crippen molar-refractivity contribution in [2.24, 2.45) is 7.05 Å². The Bertz CT molecular complexity index is 1270. The summed E-state index contributed by atoms with van der Waals surface area (Å²) in [6.45, 7) is 0. The number of nitrogens with one attached hydrogen (secondary N) is 2. The molecule has 0 unspecified atom stereocenters. The zero-order valence-electron chi connectivity index (χ0n) is 18.7. The third kappa shape index (κ3) is 5.45. The van der Waals surface area contributed by atoms with Gasteiger partial charge in [-0.05, 0) is 41.1 Å². The molecule has 2 aromatic heterocycles. The molecule has 0 saturated heterocycles. The maximum absolute atomic E-state index is 12.9. The monoisotopic (exact) mass is 467 g/mol. The summed E-state index contributed by atoms with van der Waals surface area (Å²) in [5.41, 5.74) is 1.01. The van der Waals surface area contributed by atoms with Gasteiger partial charge in [-0.3, -0.25) is 9.59 Å². The summed E-state index contributed by atoms with van der Waals surface area (Å²) in [5.74, 6) is 0.0967. The second-order valence-corrected chi connectivity index (χ2v) is 9.67. The van der Waals surface area contributed by atoms with E-state index < -0.39 is 10.6 Å². The summed E-state index contributed by atoms with van der Waals surface area (Å²) in [5, 5.41) is 5.37. The van der Waals surface area contributed by atoms with E-state index in [-0.39, 0.29) is 22.5 Å². The number of benzene rings is 1. The summed E-state index contributed by atoms with van der Waals surface area (Å²) in [7, 11) is 10.5. The molecular weight excluding hydrogens is 447 g/mol. The minimum Gasteiger partial charge on any atom is -0.491 e. The van der Waals surface area contributed by atoms with E-state index in [0.717, 1.165) is 5.39 Å². The van der Waals surface area contributed by atoms with Crippen LogP contribution in [0.4, 0.5) is 11.5 Å². The van der Waals surface area contributed by atoms with Crippen molar-refractivity contribution in [2.75, 3.05) is 5.32 Å². The Labute approximate surface area is 199 Å². The topological polar surface area (TPSA) is 98.1 Å². The van der Waals surface area contributed by atoms with Crippen LogP contribution in [-0.2, 0) is 11.8 Å². The van der Waals surface area contributed by atoms with E-state index in [1.807, 2.05) is 29.6 Å². The van der Waals surface area contributed by atoms with Crippen molar-refractivity contribution < 1.29 is 9.53 Å². The fraction of sp³-hybridized carbons (Fsp3) is 0.176. The quantitative estimate of drug-likeness (QED) is 0.303. The molecule has 32 heavy (non-hydrogen) atoms. The second-order valence-electron chi connectivity index (χ2n) is 8.92. The van der Waals surface area contributed by atoms with Gasteiger partial charge in [0.25, 0.3) is 5.56 Å². The van der Waals surface area contributed by atoms with Crippen LogP contribution in [0.3, 0.4) is 0 Å². The molecule has 15 heteroatoms. The van der Waals surface area contributed by atoms with Crippen LogP contribution in [0.2, 0.25) is 10.3 Å². The summed E-state index contributed by atoms with van der Waals surface area (Å²) in [6, 6.07) is 7.01. The number of rotatable bonds is 6. The standard InChI is InChI=1S/C17H20B5Cl2N5O3/c1-29-10-3-2-8(26-12-9(23)6-25-15(24)27-12)4-7(10)5-11(13(29)30)32-16(18,19)14(31)28-17(20,21)22/h2-6H,18-22H2,1H3,(H,28,31)(H,25,26,27). The lowest BCUT2D eigenvalue weighted by Gasteiger charge is -2.31. The van der Waals surface area contributed by atoms with E-state index in [1.54, 1.807) is 40.9 Å². The Morgan fingerprint density at radius 1 is 1.16 bits per heavy atom. The summed E-state index contributed by atoms with van der Waals surface area (Å²) in [6.07, 6.45) is 1.40. The first-order chi connectivity index (χ1) is 14.8. The number of nitrogens with zero attached hydrogens (tertiary/aromatic N) is 3. The van der Waals surface area contributed by atoms with Gasteiger partial charge in [0.2, 0.25) is 11.2 Å². The van der Waals surface area contributed by atoms with Gasteiger partial charge in [-0.15, -0.1) is 0 Å². The number of aromatic nitrogens is 3. The lowest BCUT2D eigenvalue weighted by Crippen LogP contribution is -2.61. The first-order valence-electron chi connectivity index (χ1n) is 9.87. The fourth-order valence-corrected chi connectivity index (χ4v) is 3.26. The Hall–Kier alpha value is -2.52. The first-order valence-corrected chi connectivity index (χ1v) is 10.6. The van der Waals surface area contributed by atoms with Gasteiger partial charge in [0.05, 0.1) is 11.7 Å². The number of hydrogen-bond donors (Lipinski definition) is 2. The van der Waals surface area contributed by atoms with Gasteiger partial charge in [0, 0.05) is 18.1 Å². The molecule has 3 aromatic rings. The molecule has 0 aliphatic carbocycles. The van der Waals surface area contributed by atoms with Crippen molar-refractivity contribution in [1.82, 2.24) is 19.9 Å². The first kappa shape index (κ1) is 24.1. The summed E-state index contributed by atoms with van der Waals surface area (Å²) >= 11 is 12.0. The number of fused-ring (bicyclic) bond motifs is 1. The number of pyridine rings is 1. The predicted octanol–water partition coefficient (Wildman–Crippen LogP) is -2.70. The summed E-state index contributed by atoms with van der Waals surface area (Å²) < 4.78 is 7.37. The van der Waals surface area contributed by atoms with E-state index >= 15 is 0 Å². The molecule has 0 spiro atoms. The van der Waals surface area contributed by atoms with Gasteiger partial charge in [-0.1, -0.05) is 11.6 Å². The maximum atomic E-state index is 12.9. The number of amides is 1. The number of aryl methyl sites for hydroxylation is 1. The molecule has 0 aliphatic rings. The minimum atomic E-state index is -1.26. The van der Waals surface area contributed by atoms with Crippen molar-refractivity contribution in [2.45, 2.75) is 10.6 Å². The molecule has 0 saturated carbocycles. The van der Waals surface area contributed by atoms with Crippen molar-refractivity contribution in [3.8, 4) is 5.75 Å². The maximum Gasteiger partial charge on any atom is 0.293 e. The highest BCUT2D eigenvalue weighted by Crippen LogP contribution is 2.27. The van der Waals surface area contributed by atoms with Crippen molar-refractivity contribution >= 4 is 90.7 Å². The van der Waals surface area contributed by atoms with Crippen LogP contribution < -0.4 is 20.9 Å². The van der Waals surface area contributed by atoms with Crippen LogP contribution in [0.25, 0.3) is 10.9 Å². The molecular formula is C17H20B5Cl2N5O3. The van der Waals surface area contributed by atoms with Gasteiger partial charge >= 0.3 is 0 Å². The van der Waals surface area contributed by atoms with Crippen LogP contribution in [0.5, 0.6) is 5.75 Å². The fourth-order valence-electron chi connectivity index (χ4n) is 2.99. The average Bonchev–Trinajstić information content (AvgIpc) is 2.67. The zero-order chi connectivity index (χ0) is 23.8. The second kappa shape index (κ2) is 8.79. The average molecular weight is 467 g/mol. The molecule has 8 nitrogen and oxygen atoms in total. The molecule has 0 aliphatic heterocycles. The Kier molecular flexibility index (Phi) is 6.63. The van der Waals surface area contributed by atoms with Crippen LogP contribution in [0.15, 0.2) is 35.3 Å². The molecule has 1 amide bonds.